The third kappa shape index (κ3) is 4.67. The van der Waals surface area contributed by atoms with Gasteiger partial charge in [0.1, 0.15) is 0 Å². The fourth-order valence-electron chi connectivity index (χ4n) is 3.01. The standard InChI is InChI=1S/C15H29N3S/c1-11-10-18(5)7-6-13(11)17-14-16-9-12(19-14)8-15(2,3)4/h11-13H,6-10H2,1-5H3,(H,16,17). The fraction of sp³-hybridized carbons (Fsp3) is 0.933. The molecule has 1 N–H and O–H groups in total. The number of aliphatic imine (C=N–C) groups is 1. The van der Waals surface area contributed by atoms with Gasteiger partial charge in [-0.05, 0) is 37.8 Å². The van der Waals surface area contributed by atoms with Crippen molar-refractivity contribution in [2.45, 2.75) is 51.8 Å². The first-order valence-electron chi connectivity index (χ1n) is 7.50. The Hall–Kier alpha value is -0.220. The largest absolute Gasteiger partial charge is 0.362 e. The Balaban J connectivity index is 1.79. The quantitative estimate of drug-likeness (QED) is 0.844. The van der Waals surface area contributed by atoms with Crippen molar-refractivity contribution < 1.29 is 0 Å². The molecule has 19 heavy (non-hydrogen) atoms. The van der Waals surface area contributed by atoms with Crippen LogP contribution in [0.4, 0.5) is 0 Å². The van der Waals surface area contributed by atoms with E-state index < -0.39 is 0 Å². The molecule has 110 valence electrons. The summed E-state index contributed by atoms with van der Waals surface area (Å²) in [6.07, 6.45) is 2.48. The monoisotopic (exact) mass is 283 g/mol. The van der Waals surface area contributed by atoms with E-state index in [9.17, 15) is 0 Å². The number of thioether (sulfide) groups is 1. The zero-order chi connectivity index (χ0) is 14.0. The van der Waals surface area contributed by atoms with Crippen molar-refractivity contribution >= 4 is 16.9 Å². The molecule has 3 unspecified atom stereocenters. The highest BCUT2D eigenvalue weighted by Crippen LogP contribution is 2.32. The van der Waals surface area contributed by atoms with Gasteiger partial charge in [-0.3, -0.25) is 4.99 Å². The van der Waals surface area contributed by atoms with E-state index in [0.29, 0.717) is 22.6 Å². The van der Waals surface area contributed by atoms with Gasteiger partial charge in [-0.25, -0.2) is 0 Å². The van der Waals surface area contributed by atoms with E-state index in [2.05, 4.69) is 45.0 Å². The predicted octanol–water partition coefficient (Wildman–Crippen LogP) is 2.82. The van der Waals surface area contributed by atoms with Crippen molar-refractivity contribution in [2.24, 2.45) is 16.3 Å². The van der Waals surface area contributed by atoms with Crippen molar-refractivity contribution in [3.8, 4) is 0 Å². The first-order valence-corrected chi connectivity index (χ1v) is 8.37. The number of rotatable bonds is 2. The topological polar surface area (TPSA) is 27.6 Å². The van der Waals surface area contributed by atoms with Gasteiger partial charge in [-0.1, -0.05) is 39.5 Å². The summed E-state index contributed by atoms with van der Waals surface area (Å²) in [5.41, 5.74) is 0.406. The average molecular weight is 283 g/mol. The van der Waals surface area contributed by atoms with Gasteiger partial charge in [0.25, 0.3) is 0 Å². The van der Waals surface area contributed by atoms with Gasteiger partial charge in [0.2, 0.25) is 0 Å². The van der Waals surface area contributed by atoms with Crippen LogP contribution in [0.5, 0.6) is 0 Å². The van der Waals surface area contributed by atoms with E-state index in [-0.39, 0.29) is 0 Å². The number of amidine groups is 1. The lowest BCUT2D eigenvalue weighted by Crippen LogP contribution is -2.48. The molecule has 1 fully saturated rings. The maximum atomic E-state index is 4.70. The molecule has 2 rings (SSSR count). The molecule has 2 heterocycles. The highest BCUT2D eigenvalue weighted by Gasteiger charge is 2.29. The molecule has 0 amide bonds. The molecule has 2 aliphatic rings. The van der Waals surface area contributed by atoms with Crippen LogP contribution in [0.25, 0.3) is 0 Å². The first-order chi connectivity index (χ1) is 8.83. The van der Waals surface area contributed by atoms with E-state index in [0.717, 1.165) is 6.54 Å². The maximum Gasteiger partial charge on any atom is 0.157 e. The summed E-state index contributed by atoms with van der Waals surface area (Å²) >= 11 is 1.96. The van der Waals surface area contributed by atoms with E-state index in [1.165, 1.54) is 31.1 Å². The molecule has 0 aliphatic carbocycles. The number of likely N-dealkylation sites (tertiary alicyclic amines) is 1. The molecule has 3 nitrogen and oxygen atoms in total. The van der Waals surface area contributed by atoms with Crippen LogP contribution in [0.15, 0.2) is 4.99 Å². The van der Waals surface area contributed by atoms with Gasteiger partial charge in [0, 0.05) is 17.8 Å². The Bertz CT molecular complexity index is 335. The van der Waals surface area contributed by atoms with Crippen molar-refractivity contribution in [1.82, 2.24) is 10.2 Å². The number of hydrogen-bond acceptors (Lipinski definition) is 4. The van der Waals surface area contributed by atoms with Crippen molar-refractivity contribution in [3.63, 3.8) is 0 Å². The van der Waals surface area contributed by atoms with Crippen LogP contribution in [-0.4, -0.2) is 48.0 Å². The van der Waals surface area contributed by atoms with Crippen molar-refractivity contribution in [1.29, 1.82) is 0 Å². The van der Waals surface area contributed by atoms with Crippen LogP contribution in [0.2, 0.25) is 0 Å². The lowest BCUT2D eigenvalue weighted by atomic mass is 9.90. The Morgan fingerprint density at radius 2 is 2.16 bits per heavy atom. The Kier molecular flexibility index (Phi) is 4.83. The van der Waals surface area contributed by atoms with Crippen LogP contribution in [-0.2, 0) is 0 Å². The van der Waals surface area contributed by atoms with Crippen molar-refractivity contribution in [3.05, 3.63) is 0 Å². The molecule has 0 aromatic heterocycles. The lowest BCUT2D eigenvalue weighted by Gasteiger charge is -2.35. The van der Waals surface area contributed by atoms with E-state index >= 15 is 0 Å². The molecular formula is C15H29N3S. The summed E-state index contributed by atoms with van der Waals surface area (Å²) < 4.78 is 0. The molecule has 2 aliphatic heterocycles. The number of piperidine rings is 1. The molecule has 3 atom stereocenters. The summed E-state index contributed by atoms with van der Waals surface area (Å²) in [5.74, 6) is 0.712. The zero-order valence-corrected chi connectivity index (χ0v) is 13.9. The zero-order valence-electron chi connectivity index (χ0n) is 13.1. The van der Waals surface area contributed by atoms with E-state index in [1.807, 2.05) is 11.8 Å². The van der Waals surface area contributed by atoms with Crippen LogP contribution in [0.3, 0.4) is 0 Å². The Labute approximate surface area is 122 Å². The first kappa shape index (κ1) is 15.2. The Morgan fingerprint density at radius 3 is 2.79 bits per heavy atom. The summed E-state index contributed by atoms with van der Waals surface area (Å²) in [6, 6.07) is 0.607. The normalized spacial score (nSPS) is 33.3. The summed E-state index contributed by atoms with van der Waals surface area (Å²) in [7, 11) is 2.22. The highest BCUT2D eigenvalue weighted by molar-refractivity contribution is 8.14. The average Bonchev–Trinajstić information content (AvgIpc) is 2.67. The molecular weight excluding hydrogens is 254 g/mol. The maximum absolute atomic E-state index is 4.70. The van der Waals surface area contributed by atoms with Gasteiger partial charge in [0.05, 0.1) is 6.54 Å². The molecule has 4 heteroatoms. The fourth-order valence-corrected chi connectivity index (χ4v) is 4.43. The predicted molar refractivity (Wildman–Crippen MR) is 86.0 cm³/mol. The number of nitrogens with one attached hydrogen (secondary N) is 1. The molecule has 0 bridgehead atoms. The molecule has 1 saturated heterocycles. The smallest absolute Gasteiger partial charge is 0.157 e. The third-order valence-electron chi connectivity index (χ3n) is 3.97. The number of nitrogens with zero attached hydrogens (tertiary/aromatic N) is 2. The minimum absolute atomic E-state index is 0.406. The minimum atomic E-state index is 0.406. The molecule has 0 aromatic carbocycles. The third-order valence-corrected chi connectivity index (χ3v) is 5.09. The minimum Gasteiger partial charge on any atom is -0.362 e. The summed E-state index contributed by atoms with van der Waals surface area (Å²) in [4.78, 5) is 7.13. The molecule has 0 radical (unpaired) electrons. The van der Waals surface area contributed by atoms with Gasteiger partial charge in [0.15, 0.2) is 5.17 Å². The van der Waals surface area contributed by atoms with Gasteiger partial charge >= 0.3 is 0 Å². The Morgan fingerprint density at radius 1 is 1.42 bits per heavy atom. The highest BCUT2D eigenvalue weighted by atomic mass is 32.2. The lowest BCUT2D eigenvalue weighted by molar-refractivity contribution is 0.187. The number of hydrogen-bond donors (Lipinski definition) is 1. The van der Waals surface area contributed by atoms with E-state index in [4.69, 9.17) is 4.99 Å². The second-order valence-electron chi connectivity index (χ2n) is 7.43. The molecule has 0 aromatic rings. The van der Waals surface area contributed by atoms with Crippen LogP contribution in [0.1, 0.15) is 40.5 Å². The molecule has 0 spiro atoms. The van der Waals surface area contributed by atoms with Crippen LogP contribution < -0.4 is 5.32 Å². The molecule has 0 saturated carbocycles. The second-order valence-corrected chi connectivity index (χ2v) is 8.72. The summed E-state index contributed by atoms with van der Waals surface area (Å²) in [6.45, 7) is 12.7. The van der Waals surface area contributed by atoms with E-state index in [1.54, 1.807) is 0 Å². The van der Waals surface area contributed by atoms with Gasteiger partial charge in [-0.15, -0.1) is 0 Å². The van der Waals surface area contributed by atoms with Gasteiger partial charge in [-0.2, -0.15) is 0 Å². The van der Waals surface area contributed by atoms with Crippen LogP contribution in [0, 0.1) is 11.3 Å². The SMILES string of the molecule is CC1CN(C)CCC1NC1=NCC(CC(C)(C)C)S1. The van der Waals surface area contributed by atoms with Gasteiger partial charge < -0.3 is 10.2 Å². The second kappa shape index (κ2) is 6.04. The van der Waals surface area contributed by atoms with Crippen LogP contribution >= 0.6 is 11.8 Å². The van der Waals surface area contributed by atoms with Crippen molar-refractivity contribution in [2.75, 3.05) is 26.7 Å². The summed E-state index contributed by atoms with van der Waals surface area (Å²) in [5, 5.41) is 5.55.